The molecule has 0 atom stereocenters. The van der Waals surface area contributed by atoms with Crippen LogP contribution in [0.4, 0.5) is 13.2 Å². The van der Waals surface area contributed by atoms with Crippen LogP contribution in [0.15, 0.2) is 47.7 Å². The Morgan fingerprint density at radius 2 is 2.00 bits per heavy atom. The Labute approximate surface area is 154 Å². The first kappa shape index (κ1) is 19.9. The number of ether oxygens (including phenoxy) is 1. The monoisotopic (exact) mass is 384 g/mol. The van der Waals surface area contributed by atoms with Crippen molar-refractivity contribution in [2.45, 2.75) is 12.6 Å². The molecule has 0 radical (unpaired) electrons. The van der Waals surface area contributed by atoms with Gasteiger partial charge in [-0.15, -0.1) is 0 Å². The SMILES string of the molecule is COCCCNC(=S)N/N=C/c1cccn1-c1ccc(C(F)(F)F)cc1. The third-order valence-corrected chi connectivity index (χ3v) is 3.66. The fourth-order valence-corrected chi connectivity index (χ4v) is 2.32. The van der Waals surface area contributed by atoms with Gasteiger partial charge in [0.25, 0.3) is 0 Å². The molecule has 0 spiro atoms. The van der Waals surface area contributed by atoms with E-state index < -0.39 is 11.7 Å². The first-order valence-corrected chi connectivity index (χ1v) is 8.23. The maximum Gasteiger partial charge on any atom is 0.416 e. The summed E-state index contributed by atoms with van der Waals surface area (Å²) in [5, 5.41) is 7.40. The van der Waals surface area contributed by atoms with Crippen LogP contribution >= 0.6 is 12.2 Å². The molecule has 0 aliphatic carbocycles. The molecule has 1 aromatic heterocycles. The summed E-state index contributed by atoms with van der Waals surface area (Å²) in [6.45, 7) is 1.30. The zero-order valence-corrected chi connectivity index (χ0v) is 14.9. The highest BCUT2D eigenvalue weighted by atomic mass is 32.1. The molecule has 5 nitrogen and oxygen atoms in total. The van der Waals surface area contributed by atoms with E-state index in [-0.39, 0.29) is 0 Å². The highest BCUT2D eigenvalue weighted by Gasteiger charge is 2.30. The summed E-state index contributed by atoms with van der Waals surface area (Å²) in [6.07, 6.45) is -0.250. The Morgan fingerprint density at radius 3 is 2.65 bits per heavy atom. The van der Waals surface area contributed by atoms with E-state index in [1.807, 2.05) is 0 Å². The number of thiocarbonyl (C=S) groups is 1. The molecule has 0 amide bonds. The minimum atomic E-state index is -4.35. The number of aromatic nitrogens is 1. The number of methoxy groups -OCH3 is 1. The van der Waals surface area contributed by atoms with Crippen LogP contribution in [0.2, 0.25) is 0 Å². The van der Waals surface area contributed by atoms with Crippen LogP contribution in [0.5, 0.6) is 0 Å². The van der Waals surface area contributed by atoms with Crippen molar-refractivity contribution in [2.24, 2.45) is 5.10 Å². The van der Waals surface area contributed by atoms with Gasteiger partial charge in [-0.2, -0.15) is 18.3 Å². The van der Waals surface area contributed by atoms with Crippen molar-refractivity contribution in [2.75, 3.05) is 20.3 Å². The second-order valence-corrected chi connectivity index (χ2v) is 5.73. The lowest BCUT2D eigenvalue weighted by Crippen LogP contribution is -2.33. The number of hydrogen-bond acceptors (Lipinski definition) is 3. The van der Waals surface area contributed by atoms with E-state index >= 15 is 0 Å². The first-order chi connectivity index (χ1) is 12.4. The summed E-state index contributed by atoms with van der Waals surface area (Å²) in [5.74, 6) is 0. The molecule has 0 saturated heterocycles. The fraction of sp³-hybridized carbons (Fsp3) is 0.294. The second kappa shape index (κ2) is 9.35. The summed E-state index contributed by atoms with van der Waals surface area (Å²) in [7, 11) is 1.63. The summed E-state index contributed by atoms with van der Waals surface area (Å²) < 4.78 is 44.6. The van der Waals surface area contributed by atoms with Gasteiger partial charge in [-0.1, -0.05) is 0 Å². The van der Waals surface area contributed by atoms with Crippen LogP contribution in [-0.4, -0.2) is 36.2 Å². The molecule has 0 aliphatic heterocycles. The molecule has 26 heavy (non-hydrogen) atoms. The van der Waals surface area contributed by atoms with E-state index in [1.165, 1.54) is 12.1 Å². The summed E-state index contributed by atoms with van der Waals surface area (Å²) >= 11 is 5.08. The number of nitrogens with zero attached hydrogens (tertiary/aromatic N) is 2. The Kier molecular flexibility index (Phi) is 7.16. The smallest absolute Gasteiger partial charge is 0.385 e. The number of rotatable bonds is 7. The van der Waals surface area contributed by atoms with Gasteiger partial charge in [0.1, 0.15) is 0 Å². The number of nitrogens with one attached hydrogen (secondary N) is 2. The van der Waals surface area contributed by atoms with Gasteiger partial charge in [-0.25, -0.2) is 0 Å². The van der Waals surface area contributed by atoms with Crippen LogP contribution in [-0.2, 0) is 10.9 Å². The van der Waals surface area contributed by atoms with Crippen molar-refractivity contribution in [3.63, 3.8) is 0 Å². The average Bonchev–Trinajstić information content (AvgIpc) is 3.06. The predicted molar refractivity (Wildman–Crippen MR) is 98.6 cm³/mol. The van der Waals surface area contributed by atoms with Crippen molar-refractivity contribution in [1.82, 2.24) is 15.3 Å². The van der Waals surface area contributed by atoms with Crippen molar-refractivity contribution in [3.8, 4) is 5.69 Å². The highest BCUT2D eigenvalue weighted by molar-refractivity contribution is 7.80. The van der Waals surface area contributed by atoms with E-state index in [0.29, 0.717) is 29.6 Å². The third kappa shape index (κ3) is 5.85. The van der Waals surface area contributed by atoms with Gasteiger partial charge < -0.3 is 14.6 Å². The van der Waals surface area contributed by atoms with Gasteiger partial charge >= 0.3 is 6.18 Å². The lowest BCUT2D eigenvalue weighted by atomic mass is 10.2. The van der Waals surface area contributed by atoms with Gasteiger partial charge in [-0.05, 0) is 55.0 Å². The van der Waals surface area contributed by atoms with Crippen LogP contribution in [0.1, 0.15) is 17.7 Å². The summed E-state index contributed by atoms with van der Waals surface area (Å²) in [4.78, 5) is 0. The molecule has 0 aliphatic rings. The van der Waals surface area contributed by atoms with Gasteiger partial charge in [0.2, 0.25) is 0 Å². The van der Waals surface area contributed by atoms with Gasteiger partial charge in [0.15, 0.2) is 5.11 Å². The van der Waals surface area contributed by atoms with Crippen molar-refractivity contribution < 1.29 is 17.9 Å². The second-order valence-electron chi connectivity index (χ2n) is 5.32. The first-order valence-electron chi connectivity index (χ1n) is 7.82. The standard InChI is InChI=1S/C17H19F3N4OS/c1-25-11-3-9-21-16(26)23-22-12-15-4-2-10-24(15)14-7-5-13(6-8-14)17(18,19)20/h2,4-8,10,12H,3,9,11H2,1H3,(H2,21,23,26)/b22-12+. The van der Waals surface area contributed by atoms with Crippen LogP contribution in [0.25, 0.3) is 5.69 Å². The zero-order valence-electron chi connectivity index (χ0n) is 14.1. The maximum atomic E-state index is 12.7. The number of benzene rings is 1. The zero-order chi connectivity index (χ0) is 19.0. The quantitative estimate of drug-likeness (QED) is 0.333. The normalized spacial score (nSPS) is 11.7. The van der Waals surface area contributed by atoms with E-state index in [9.17, 15) is 13.2 Å². The van der Waals surface area contributed by atoms with E-state index in [1.54, 1.807) is 36.2 Å². The topological polar surface area (TPSA) is 50.6 Å². The Balaban J connectivity index is 1.96. The predicted octanol–water partition coefficient (Wildman–Crippen LogP) is 3.33. The Bertz CT molecular complexity index is 741. The lowest BCUT2D eigenvalue weighted by Gasteiger charge is -2.10. The molecule has 2 rings (SSSR count). The molecule has 1 aromatic carbocycles. The summed E-state index contributed by atoms with van der Waals surface area (Å²) in [5.41, 5.74) is 3.30. The van der Waals surface area contributed by atoms with Crippen molar-refractivity contribution in [1.29, 1.82) is 0 Å². The molecule has 0 saturated carbocycles. The molecule has 140 valence electrons. The van der Waals surface area contributed by atoms with Gasteiger partial charge in [0.05, 0.1) is 17.5 Å². The molecule has 2 aromatic rings. The molecule has 0 bridgehead atoms. The van der Waals surface area contributed by atoms with E-state index in [4.69, 9.17) is 17.0 Å². The van der Waals surface area contributed by atoms with Crippen molar-refractivity contribution in [3.05, 3.63) is 53.9 Å². The maximum absolute atomic E-state index is 12.7. The fourth-order valence-electron chi connectivity index (χ4n) is 2.16. The van der Waals surface area contributed by atoms with E-state index in [2.05, 4.69) is 15.8 Å². The number of hydrazone groups is 1. The lowest BCUT2D eigenvalue weighted by molar-refractivity contribution is -0.137. The van der Waals surface area contributed by atoms with Crippen LogP contribution < -0.4 is 10.7 Å². The van der Waals surface area contributed by atoms with Crippen molar-refractivity contribution >= 4 is 23.5 Å². The average molecular weight is 384 g/mol. The number of halogens is 3. The molecule has 1 heterocycles. The number of hydrogen-bond donors (Lipinski definition) is 2. The largest absolute Gasteiger partial charge is 0.416 e. The Hall–Kier alpha value is -2.39. The molecule has 0 unspecified atom stereocenters. The van der Waals surface area contributed by atoms with Gasteiger partial charge in [-0.3, -0.25) is 5.43 Å². The highest BCUT2D eigenvalue weighted by Crippen LogP contribution is 2.29. The molecule has 2 N–H and O–H groups in total. The minimum absolute atomic E-state index is 0.380. The van der Waals surface area contributed by atoms with Gasteiger partial charge in [0, 0.05) is 32.1 Å². The minimum Gasteiger partial charge on any atom is -0.385 e. The van der Waals surface area contributed by atoms with Crippen LogP contribution in [0, 0.1) is 0 Å². The Morgan fingerprint density at radius 1 is 1.27 bits per heavy atom. The molecule has 9 heteroatoms. The van der Waals surface area contributed by atoms with Crippen LogP contribution in [0.3, 0.4) is 0 Å². The van der Waals surface area contributed by atoms with E-state index in [0.717, 1.165) is 18.6 Å². The molecule has 0 fully saturated rings. The molecular formula is C17H19F3N4OS. The molecular weight excluding hydrogens is 365 g/mol. The number of alkyl halides is 3. The third-order valence-electron chi connectivity index (χ3n) is 3.43. The summed E-state index contributed by atoms with van der Waals surface area (Å²) in [6, 6.07) is 8.49.